The van der Waals surface area contributed by atoms with E-state index in [1.165, 1.54) is 22.0 Å². The van der Waals surface area contributed by atoms with Gasteiger partial charge < -0.3 is 9.97 Å². The van der Waals surface area contributed by atoms with Gasteiger partial charge in [0, 0.05) is 60.3 Å². The summed E-state index contributed by atoms with van der Waals surface area (Å²) in [6.45, 7) is 4.54. The minimum absolute atomic E-state index is 0.0341. The maximum atomic E-state index is 12.6. The van der Waals surface area contributed by atoms with Gasteiger partial charge in [0.2, 0.25) is 0 Å². The second kappa shape index (κ2) is 7.29. The Morgan fingerprint density at radius 1 is 1.17 bits per heavy atom. The Balaban J connectivity index is 1.44. The Morgan fingerprint density at radius 3 is 2.93 bits per heavy atom. The molecule has 6 nitrogen and oxygen atoms in total. The van der Waals surface area contributed by atoms with E-state index in [-0.39, 0.29) is 5.56 Å². The normalized spacial score (nSPS) is 14.2. The molecule has 146 valence electrons. The number of benzene rings is 1. The highest BCUT2D eigenvalue weighted by Crippen LogP contribution is 2.25. The number of nitrogens with one attached hydrogen (secondary N) is 2. The largest absolute Gasteiger partial charge is 0.361 e. The quantitative estimate of drug-likeness (QED) is 0.564. The molecule has 0 fully saturated rings. The van der Waals surface area contributed by atoms with Crippen molar-refractivity contribution in [1.82, 2.24) is 24.8 Å². The molecule has 5 rings (SSSR count). The molecule has 1 aromatic carbocycles. The second-order valence-corrected chi connectivity index (χ2v) is 7.55. The predicted molar refractivity (Wildman–Crippen MR) is 114 cm³/mol. The average molecular weight is 385 g/mol. The van der Waals surface area contributed by atoms with Crippen LogP contribution in [0.3, 0.4) is 0 Å². The van der Waals surface area contributed by atoms with Crippen molar-refractivity contribution in [1.29, 1.82) is 0 Å². The molecule has 1 aliphatic heterocycles. The fourth-order valence-electron chi connectivity index (χ4n) is 4.21. The maximum Gasteiger partial charge on any atom is 0.254 e. The SMILES string of the molecule is CCc1cccc2c(CN3CCc4c(nc(-c5cccnc5)[nH]c4=O)C3)c[nH]c12. The molecule has 3 aromatic heterocycles. The van der Waals surface area contributed by atoms with Crippen molar-refractivity contribution in [3.05, 3.63) is 81.7 Å². The molecule has 0 spiro atoms. The summed E-state index contributed by atoms with van der Waals surface area (Å²) in [4.78, 5) is 30.2. The van der Waals surface area contributed by atoms with Gasteiger partial charge in [0.15, 0.2) is 0 Å². The van der Waals surface area contributed by atoms with E-state index in [0.717, 1.165) is 36.3 Å². The standard InChI is InChI=1S/C23H23N5O/c1-2-15-5-3-7-18-17(12-25-21(15)18)13-28-10-8-19-20(14-28)26-22(27-23(19)29)16-6-4-9-24-11-16/h3-7,9,11-12,25H,2,8,10,13-14H2,1H3,(H,26,27,29). The number of hydrogen-bond donors (Lipinski definition) is 2. The Hall–Kier alpha value is -3.25. The van der Waals surface area contributed by atoms with E-state index in [2.05, 4.69) is 51.2 Å². The lowest BCUT2D eigenvalue weighted by atomic mass is 10.0. The number of rotatable bonds is 4. The van der Waals surface area contributed by atoms with Crippen molar-refractivity contribution in [2.24, 2.45) is 0 Å². The van der Waals surface area contributed by atoms with Gasteiger partial charge in [-0.15, -0.1) is 0 Å². The summed E-state index contributed by atoms with van der Waals surface area (Å²) in [5.41, 5.74) is 6.33. The Kier molecular flexibility index (Phi) is 4.48. The van der Waals surface area contributed by atoms with Crippen LogP contribution in [-0.4, -0.2) is 31.4 Å². The van der Waals surface area contributed by atoms with E-state index in [0.29, 0.717) is 18.8 Å². The van der Waals surface area contributed by atoms with E-state index in [4.69, 9.17) is 4.98 Å². The third-order valence-corrected chi connectivity index (χ3v) is 5.75. The van der Waals surface area contributed by atoms with Crippen LogP contribution in [-0.2, 0) is 25.9 Å². The predicted octanol–water partition coefficient (Wildman–Crippen LogP) is 3.43. The van der Waals surface area contributed by atoms with E-state index >= 15 is 0 Å². The van der Waals surface area contributed by atoms with Crippen LogP contribution in [0.1, 0.15) is 29.3 Å². The van der Waals surface area contributed by atoms with Crippen LogP contribution in [0.2, 0.25) is 0 Å². The number of aromatic amines is 2. The first-order valence-electron chi connectivity index (χ1n) is 10.1. The van der Waals surface area contributed by atoms with Gasteiger partial charge in [-0.05, 0) is 36.1 Å². The number of aromatic nitrogens is 4. The summed E-state index contributed by atoms with van der Waals surface area (Å²) in [6.07, 6.45) is 7.28. The molecule has 0 radical (unpaired) electrons. The van der Waals surface area contributed by atoms with Crippen LogP contribution in [0.25, 0.3) is 22.3 Å². The summed E-state index contributed by atoms with van der Waals surface area (Å²) < 4.78 is 0. The number of aryl methyl sites for hydroxylation is 1. The lowest BCUT2D eigenvalue weighted by Gasteiger charge is -2.27. The van der Waals surface area contributed by atoms with Crippen molar-refractivity contribution in [3.63, 3.8) is 0 Å². The van der Waals surface area contributed by atoms with E-state index in [1.54, 1.807) is 12.4 Å². The van der Waals surface area contributed by atoms with Crippen molar-refractivity contribution >= 4 is 10.9 Å². The first kappa shape index (κ1) is 17.8. The summed E-state index contributed by atoms with van der Waals surface area (Å²) in [7, 11) is 0. The molecule has 2 N–H and O–H groups in total. The molecular formula is C23H23N5O. The summed E-state index contributed by atoms with van der Waals surface area (Å²) in [5, 5.41) is 1.28. The first-order valence-corrected chi connectivity index (χ1v) is 10.1. The Morgan fingerprint density at radius 2 is 2.10 bits per heavy atom. The Bertz CT molecular complexity index is 1230. The molecule has 4 heterocycles. The highest BCUT2D eigenvalue weighted by molar-refractivity contribution is 5.86. The van der Waals surface area contributed by atoms with Gasteiger partial charge in [-0.1, -0.05) is 25.1 Å². The molecule has 0 atom stereocenters. The number of nitrogens with zero attached hydrogens (tertiary/aromatic N) is 3. The van der Waals surface area contributed by atoms with Crippen LogP contribution >= 0.6 is 0 Å². The van der Waals surface area contributed by atoms with Crippen molar-refractivity contribution in [3.8, 4) is 11.4 Å². The number of pyridine rings is 1. The zero-order valence-electron chi connectivity index (χ0n) is 16.4. The highest BCUT2D eigenvalue weighted by Gasteiger charge is 2.22. The molecule has 0 saturated carbocycles. The summed E-state index contributed by atoms with van der Waals surface area (Å²) in [6, 6.07) is 10.3. The second-order valence-electron chi connectivity index (χ2n) is 7.55. The zero-order chi connectivity index (χ0) is 19.8. The number of H-pyrrole nitrogens is 2. The molecule has 0 saturated heterocycles. The topological polar surface area (TPSA) is 77.7 Å². The van der Waals surface area contributed by atoms with Crippen molar-refractivity contribution in [2.45, 2.75) is 32.9 Å². The number of hydrogen-bond acceptors (Lipinski definition) is 4. The number of fused-ring (bicyclic) bond motifs is 2. The fourth-order valence-corrected chi connectivity index (χ4v) is 4.21. The molecule has 1 aliphatic rings. The zero-order valence-corrected chi connectivity index (χ0v) is 16.4. The smallest absolute Gasteiger partial charge is 0.254 e. The van der Waals surface area contributed by atoms with Gasteiger partial charge in [-0.2, -0.15) is 0 Å². The minimum Gasteiger partial charge on any atom is -0.361 e. The van der Waals surface area contributed by atoms with E-state index in [9.17, 15) is 4.79 Å². The molecule has 0 aliphatic carbocycles. The van der Waals surface area contributed by atoms with Gasteiger partial charge in [0.25, 0.3) is 5.56 Å². The van der Waals surface area contributed by atoms with Crippen LogP contribution in [0.5, 0.6) is 0 Å². The third-order valence-electron chi connectivity index (χ3n) is 5.75. The van der Waals surface area contributed by atoms with Crippen LogP contribution in [0.15, 0.2) is 53.7 Å². The van der Waals surface area contributed by atoms with E-state index in [1.807, 2.05) is 12.1 Å². The fraction of sp³-hybridized carbons (Fsp3) is 0.261. The van der Waals surface area contributed by atoms with Crippen molar-refractivity contribution in [2.75, 3.05) is 6.54 Å². The monoisotopic (exact) mass is 385 g/mol. The summed E-state index contributed by atoms with van der Waals surface area (Å²) >= 11 is 0. The van der Waals surface area contributed by atoms with Crippen molar-refractivity contribution < 1.29 is 0 Å². The first-order chi connectivity index (χ1) is 14.2. The molecule has 29 heavy (non-hydrogen) atoms. The summed E-state index contributed by atoms with van der Waals surface area (Å²) in [5.74, 6) is 0.586. The van der Waals surface area contributed by atoms with Gasteiger partial charge in [-0.25, -0.2) is 4.98 Å². The van der Waals surface area contributed by atoms with E-state index < -0.39 is 0 Å². The minimum atomic E-state index is -0.0341. The molecule has 0 amide bonds. The Labute approximate surface area is 168 Å². The number of para-hydroxylation sites is 1. The molecule has 6 heteroatoms. The molecule has 4 aromatic rings. The van der Waals surface area contributed by atoms with Gasteiger partial charge in [0.1, 0.15) is 5.82 Å². The van der Waals surface area contributed by atoms with Gasteiger partial charge >= 0.3 is 0 Å². The van der Waals surface area contributed by atoms with Crippen LogP contribution in [0, 0.1) is 0 Å². The highest BCUT2D eigenvalue weighted by atomic mass is 16.1. The van der Waals surface area contributed by atoms with Crippen LogP contribution in [0.4, 0.5) is 0 Å². The van der Waals surface area contributed by atoms with Gasteiger partial charge in [0.05, 0.1) is 5.69 Å². The lowest BCUT2D eigenvalue weighted by molar-refractivity contribution is 0.241. The molecular weight excluding hydrogens is 362 g/mol. The molecule has 0 bridgehead atoms. The molecule has 0 unspecified atom stereocenters. The average Bonchev–Trinajstić information content (AvgIpc) is 3.17. The lowest BCUT2D eigenvalue weighted by Crippen LogP contribution is -2.35. The maximum absolute atomic E-state index is 12.6. The third kappa shape index (κ3) is 3.25. The van der Waals surface area contributed by atoms with Crippen LogP contribution < -0.4 is 5.56 Å². The van der Waals surface area contributed by atoms with Gasteiger partial charge in [-0.3, -0.25) is 14.7 Å².